The lowest BCUT2D eigenvalue weighted by Gasteiger charge is -2.23. The first kappa shape index (κ1) is 14.9. The Morgan fingerprint density at radius 3 is 2.60 bits per heavy atom. The molecule has 0 aliphatic rings. The third kappa shape index (κ3) is 4.58. The van der Waals surface area contributed by atoms with Gasteiger partial charge in [-0.15, -0.1) is 0 Å². The number of likely N-dealkylation sites (N-methyl/N-ethyl adjacent to an activating group) is 1. The summed E-state index contributed by atoms with van der Waals surface area (Å²) in [6.07, 6.45) is 0. The first-order chi connectivity index (χ1) is 9.44. The number of hydrogen-bond acceptors (Lipinski definition) is 3. The van der Waals surface area contributed by atoms with Gasteiger partial charge in [0.25, 0.3) is 0 Å². The molecule has 1 aromatic carbocycles. The van der Waals surface area contributed by atoms with Crippen LogP contribution in [-0.2, 0) is 6.54 Å². The minimum Gasteiger partial charge on any atom is -0.311 e. The smallest absolute Gasteiger partial charge is 0.0705 e. The van der Waals surface area contributed by atoms with Crippen molar-refractivity contribution in [2.75, 3.05) is 20.1 Å². The molecule has 0 unspecified atom stereocenters. The van der Waals surface area contributed by atoms with E-state index in [-0.39, 0.29) is 5.54 Å². The summed E-state index contributed by atoms with van der Waals surface area (Å²) in [4.78, 5) is 7.01. The van der Waals surface area contributed by atoms with Gasteiger partial charge in [-0.3, -0.25) is 9.88 Å². The average molecular weight is 271 g/mol. The molecular weight excluding hydrogens is 246 g/mol. The molecule has 0 saturated heterocycles. The number of rotatable bonds is 5. The van der Waals surface area contributed by atoms with Gasteiger partial charge in [0, 0.05) is 30.6 Å². The molecule has 0 amide bonds. The number of pyridine rings is 1. The Morgan fingerprint density at radius 1 is 1.10 bits per heavy atom. The van der Waals surface area contributed by atoms with E-state index in [2.05, 4.69) is 62.3 Å². The summed E-state index contributed by atoms with van der Waals surface area (Å²) in [6, 6.07) is 12.5. The summed E-state index contributed by atoms with van der Waals surface area (Å²) in [7, 11) is 2.14. The Labute approximate surface area is 122 Å². The highest BCUT2D eigenvalue weighted by Crippen LogP contribution is 2.12. The molecule has 1 aromatic heterocycles. The van der Waals surface area contributed by atoms with E-state index in [1.165, 1.54) is 5.39 Å². The standard InChI is InChI=1S/C17H25N3/c1-17(2,3)18-11-12-20(4)13-15-10-9-14-7-5-6-8-16(14)19-15/h5-10,18H,11-13H2,1-4H3. The monoisotopic (exact) mass is 271 g/mol. The second kappa shape index (κ2) is 6.33. The number of hydrogen-bond donors (Lipinski definition) is 1. The van der Waals surface area contributed by atoms with Crippen LogP contribution >= 0.6 is 0 Å². The highest BCUT2D eigenvalue weighted by atomic mass is 15.1. The Kier molecular flexibility index (Phi) is 4.73. The average Bonchev–Trinajstić information content (AvgIpc) is 2.37. The van der Waals surface area contributed by atoms with E-state index in [9.17, 15) is 0 Å². The van der Waals surface area contributed by atoms with E-state index >= 15 is 0 Å². The summed E-state index contributed by atoms with van der Waals surface area (Å²) < 4.78 is 0. The molecule has 2 rings (SSSR count). The molecule has 3 nitrogen and oxygen atoms in total. The van der Waals surface area contributed by atoms with Crippen LogP contribution in [-0.4, -0.2) is 35.6 Å². The van der Waals surface area contributed by atoms with Crippen LogP contribution in [0.5, 0.6) is 0 Å². The highest BCUT2D eigenvalue weighted by Gasteiger charge is 2.09. The van der Waals surface area contributed by atoms with Crippen LogP contribution in [0.15, 0.2) is 36.4 Å². The van der Waals surface area contributed by atoms with E-state index in [0.717, 1.165) is 30.8 Å². The van der Waals surface area contributed by atoms with Crippen molar-refractivity contribution in [3.8, 4) is 0 Å². The molecule has 0 aliphatic carbocycles. The lowest BCUT2D eigenvalue weighted by Crippen LogP contribution is -2.40. The zero-order valence-electron chi connectivity index (χ0n) is 13.0. The van der Waals surface area contributed by atoms with Crippen molar-refractivity contribution in [1.82, 2.24) is 15.2 Å². The fourth-order valence-electron chi connectivity index (χ4n) is 2.17. The van der Waals surface area contributed by atoms with Crippen molar-refractivity contribution in [2.45, 2.75) is 32.9 Å². The van der Waals surface area contributed by atoms with Gasteiger partial charge in [-0.1, -0.05) is 24.3 Å². The second-order valence-corrected chi connectivity index (χ2v) is 6.41. The predicted molar refractivity (Wildman–Crippen MR) is 85.8 cm³/mol. The van der Waals surface area contributed by atoms with E-state index in [4.69, 9.17) is 4.98 Å². The molecule has 0 spiro atoms. The van der Waals surface area contributed by atoms with Gasteiger partial charge < -0.3 is 5.32 Å². The van der Waals surface area contributed by atoms with E-state index in [1.807, 2.05) is 12.1 Å². The summed E-state index contributed by atoms with van der Waals surface area (Å²) in [5, 5.41) is 4.71. The molecule has 0 radical (unpaired) electrons. The Hall–Kier alpha value is -1.45. The van der Waals surface area contributed by atoms with Crippen LogP contribution in [0.1, 0.15) is 26.5 Å². The van der Waals surface area contributed by atoms with Crippen LogP contribution in [0.4, 0.5) is 0 Å². The molecule has 1 heterocycles. The first-order valence-electron chi connectivity index (χ1n) is 7.22. The minimum absolute atomic E-state index is 0.183. The maximum Gasteiger partial charge on any atom is 0.0705 e. The SMILES string of the molecule is CN(CCNC(C)(C)C)Cc1ccc2ccccc2n1. The van der Waals surface area contributed by atoms with Crippen molar-refractivity contribution in [2.24, 2.45) is 0 Å². The molecule has 0 atom stereocenters. The summed E-state index contributed by atoms with van der Waals surface area (Å²) >= 11 is 0. The quantitative estimate of drug-likeness (QED) is 0.906. The van der Waals surface area contributed by atoms with Gasteiger partial charge >= 0.3 is 0 Å². The van der Waals surface area contributed by atoms with Crippen LogP contribution < -0.4 is 5.32 Å². The maximum absolute atomic E-state index is 4.71. The molecule has 2 aromatic rings. The molecule has 108 valence electrons. The predicted octanol–water partition coefficient (Wildman–Crippen LogP) is 3.05. The van der Waals surface area contributed by atoms with E-state index in [1.54, 1.807) is 0 Å². The number of benzene rings is 1. The number of para-hydroxylation sites is 1. The normalized spacial score (nSPS) is 12.2. The topological polar surface area (TPSA) is 28.2 Å². The maximum atomic E-state index is 4.71. The molecular formula is C17H25N3. The molecule has 0 fully saturated rings. The third-order valence-corrected chi connectivity index (χ3v) is 3.24. The molecule has 0 saturated carbocycles. The van der Waals surface area contributed by atoms with Gasteiger partial charge in [0.1, 0.15) is 0 Å². The minimum atomic E-state index is 0.183. The lowest BCUT2D eigenvalue weighted by atomic mass is 10.1. The summed E-state index contributed by atoms with van der Waals surface area (Å²) in [6.45, 7) is 9.48. The highest BCUT2D eigenvalue weighted by molar-refractivity contribution is 5.78. The van der Waals surface area contributed by atoms with E-state index in [0.29, 0.717) is 0 Å². The number of aromatic nitrogens is 1. The summed E-state index contributed by atoms with van der Waals surface area (Å²) in [5.74, 6) is 0. The fraction of sp³-hybridized carbons (Fsp3) is 0.471. The third-order valence-electron chi connectivity index (χ3n) is 3.24. The molecule has 0 aliphatic heterocycles. The Morgan fingerprint density at radius 2 is 1.85 bits per heavy atom. The van der Waals surface area contributed by atoms with Gasteiger partial charge in [0.15, 0.2) is 0 Å². The van der Waals surface area contributed by atoms with Crippen molar-refractivity contribution in [3.05, 3.63) is 42.1 Å². The number of nitrogens with one attached hydrogen (secondary N) is 1. The van der Waals surface area contributed by atoms with Crippen molar-refractivity contribution >= 4 is 10.9 Å². The number of nitrogens with zero attached hydrogens (tertiary/aromatic N) is 2. The summed E-state index contributed by atoms with van der Waals surface area (Å²) in [5.41, 5.74) is 2.38. The van der Waals surface area contributed by atoms with Crippen LogP contribution in [0.3, 0.4) is 0 Å². The fourth-order valence-corrected chi connectivity index (χ4v) is 2.17. The number of fused-ring (bicyclic) bond motifs is 1. The van der Waals surface area contributed by atoms with E-state index < -0.39 is 0 Å². The Bertz CT molecular complexity index is 557. The van der Waals surface area contributed by atoms with Gasteiger partial charge in [-0.05, 0) is 40.0 Å². The zero-order valence-corrected chi connectivity index (χ0v) is 13.0. The molecule has 3 heteroatoms. The van der Waals surface area contributed by atoms with Crippen molar-refractivity contribution < 1.29 is 0 Å². The van der Waals surface area contributed by atoms with Crippen molar-refractivity contribution in [3.63, 3.8) is 0 Å². The van der Waals surface area contributed by atoms with Crippen LogP contribution in [0.25, 0.3) is 10.9 Å². The second-order valence-electron chi connectivity index (χ2n) is 6.41. The molecule has 1 N–H and O–H groups in total. The molecule has 20 heavy (non-hydrogen) atoms. The van der Waals surface area contributed by atoms with Gasteiger partial charge in [-0.2, -0.15) is 0 Å². The Balaban J connectivity index is 1.91. The zero-order chi connectivity index (χ0) is 14.6. The largest absolute Gasteiger partial charge is 0.311 e. The van der Waals surface area contributed by atoms with Crippen LogP contribution in [0, 0.1) is 0 Å². The first-order valence-corrected chi connectivity index (χ1v) is 7.22. The lowest BCUT2D eigenvalue weighted by molar-refractivity contribution is 0.301. The van der Waals surface area contributed by atoms with Gasteiger partial charge in [-0.25, -0.2) is 0 Å². The van der Waals surface area contributed by atoms with Gasteiger partial charge in [0.2, 0.25) is 0 Å². The van der Waals surface area contributed by atoms with Gasteiger partial charge in [0.05, 0.1) is 11.2 Å². The van der Waals surface area contributed by atoms with Crippen LogP contribution in [0.2, 0.25) is 0 Å². The molecule has 0 bridgehead atoms. The van der Waals surface area contributed by atoms with Crippen molar-refractivity contribution in [1.29, 1.82) is 0 Å².